The Kier molecular flexibility index (Phi) is 5.41. The van der Waals surface area contributed by atoms with Crippen LogP contribution < -0.4 is 5.32 Å². The number of amides is 1. The minimum atomic E-state index is -3.17. The van der Waals surface area contributed by atoms with Crippen molar-refractivity contribution in [3.8, 4) is 17.1 Å². The molecular formula is C24H20ClFN4O3S. The summed E-state index contributed by atoms with van der Waals surface area (Å²) < 4.78 is 39.0. The highest BCUT2D eigenvalue weighted by Crippen LogP contribution is 2.36. The van der Waals surface area contributed by atoms with Gasteiger partial charge in [0.1, 0.15) is 0 Å². The Morgan fingerprint density at radius 2 is 1.88 bits per heavy atom. The molecule has 0 bridgehead atoms. The van der Waals surface area contributed by atoms with Crippen molar-refractivity contribution in [3.63, 3.8) is 0 Å². The lowest BCUT2D eigenvalue weighted by atomic mass is 10.0. The number of carbonyl (C=O) groups is 1. The van der Waals surface area contributed by atoms with Crippen molar-refractivity contribution < 1.29 is 17.6 Å². The Hall–Kier alpha value is -3.30. The molecule has 0 aliphatic carbocycles. The molecule has 34 heavy (non-hydrogen) atoms. The van der Waals surface area contributed by atoms with E-state index in [1.807, 2.05) is 18.2 Å². The van der Waals surface area contributed by atoms with Crippen LogP contribution in [0.25, 0.3) is 28.0 Å². The van der Waals surface area contributed by atoms with Gasteiger partial charge < -0.3 is 5.32 Å². The lowest BCUT2D eigenvalue weighted by Crippen LogP contribution is -2.46. The molecular weight excluding hydrogens is 479 g/mol. The van der Waals surface area contributed by atoms with Gasteiger partial charge in [-0.05, 0) is 31.5 Å². The van der Waals surface area contributed by atoms with Crippen LogP contribution in [0.4, 0.5) is 4.39 Å². The van der Waals surface area contributed by atoms with E-state index in [2.05, 4.69) is 15.3 Å². The Labute approximate surface area is 200 Å². The average molecular weight is 499 g/mol. The number of hydrogen-bond acceptors (Lipinski definition) is 5. The molecule has 0 unspecified atom stereocenters. The van der Waals surface area contributed by atoms with E-state index in [-0.39, 0.29) is 23.4 Å². The maximum Gasteiger partial charge on any atom is 0.251 e. The summed E-state index contributed by atoms with van der Waals surface area (Å²) in [6.07, 6.45) is 4.30. The molecule has 0 saturated carbocycles. The van der Waals surface area contributed by atoms with E-state index < -0.39 is 21.2 Å². The quantitative estimate of drug-likeness (QED) is 0.455. The molecule has 2 aromatic heterocycles. The highest BCUT2D eigenvalue weighted by Gasteiger charge is 2.39. The van der Waals surface area contributed by atoms with Crippen LogP contribution in [0.15, 0.2) is 61.1 Å². The van der Waals surface area contributed by atoms with Gasteiger partial charge in [-0.2, -0.15) is 0 Å². The third kappa shape index (κ3) is 4.17. The SMILES string of the molecule is C[C@@]1(NC(=O)c2ccc3c(-c4ccccc4Cl)cn(-c4ncc(F)cn4)c3c2)CCS(=O)(=O)C1. The maximum atomic E-state index is 13.4. The zero-order valence-corrected chi connectivity index (χ0v) is 19.7. The predicted octanol–water partition coefficient (Wildman–Crippen LogP) is 4.19. The van der Waals surface area contributed by atoms with Crippen LogP contribution in [0.2, 0.25) is 5.02 Å². The van der Waals surface area contributed by atoms with Crippen LogP contribution in [0.3, 0.4) is 0 Å². The molecule has 3 heterocycles. The number of fused-ring (bicyclic) bond motifs is 1. The van der Waals surface area contributed by atoms with Crippen LogP contribution in [0, 0.1) is 5.82 Å². The fourth-order valence-corrected chi connectivity index (χ4v) is 6.64. The number of rotatable bonds is 4. The second-order valence-corrected chi connectivity index (χ2v) is 11.3. The van der Waals surface area contributed by atoms with Gasteiger partial charge in [-0.3, -0.25) is 9.36 Å². The summed E-state index contributed by atoms with van der Waals surface area (Å²) in [5.41, 5.74) is 1.74. The van der Waals surface area contributed by atoms with Crippen LogP contribution in [0.5, 0.6) is 0 Å². The highest BCUT2D eigenvalue weighted by atomic mass is 35.5. The lowest BCUT2D eigenvalue weighted by molar-refractivity contribution is 0.0915. The molecule has 5 rings (SSSR count). The molecule has 7 nitrogen and oxygen atoms in total. The van der Waals surface area contributed by atoms with Crippen LogP contribution in [-0.2, 0) is 9.84 Å². The lowest BCUT2D eigenvalue weighted by Gasteiger charge is -2.24. The van der Waals surface area contributed by atoms with Crippen molar-refractivity contribution in [1.82, 2.24) is 19.9 Å². The van der Waals surface area contributed by atoms with Crippen molar-refractivity contribution >= 4 is 38.2 Å². The highest BCUT2D eigenvalue weighted by molar-refractivity contribution is 7.91. The molecule has 0 spiro atoms. The molecule has 1 atom stereocenters. The molecule has 0 radical (unpaired) electrons. The van der Waals surface area contributed by atoms with E-state index in [4.69, 9.17) is 11.6 Å². The van der Waals surface area contributed by atoms with Crippen LogP contribution in [0.1, 0.15) is 23.7 Å². The van der Waals surface area contributed by atoms with Gasteiger partial charge in [0.25, 0.3) is 5.91 Å². The van der Waals surface area contributed by atoms with Crippen molar-refractivity contribution in [3.05, 3.63) is 77.5 Å². The van der Waals surface area contributed by atoms with Gasteiger partial charge in [-0.15, -0.1) is 0 Å². The third-order valence-electron chi connectivity index (χ3n) is 5.97. The normalized spacial score (nSPS) is 19.4. The van der Waals surface area contributed by atoms with Gasteiger partial charge in [-0.1, -0.05) is 35.9 Å². The van der Waals surface area contributed by atoms with Crippen LogP contribution >= 0.6 is 11.6 Å². The van der Waals surface area contributed by atoms with Gasteiger partial charge in [0.15, 0.2) is 15.7 Å². The van der Waals surface area contributed by atoms with Crippen molar-refractivity contribution in [1.29, 1.82) is 0 Å². The predicted molar refractivity (Wildman–Crippen MR) is 128 cm³/mol. The maximum absolute atomic E-state index is 13.4. The number of nitrogens with zero attached hydrogens (tertiary/aromatic N) is 3. The number of hydrogen-bond donors (Lipinski definition) is 1. The van der Waals surface area contributed by atoms with Gasteiger partial charge in [0.05, 0.1) is 35.0 Å². The fraction of sp³-hybridized carbons (Fsp3) is 0.208. The summed E-state index contributed by atoms with van der Waals surface area (Å²) in [6, 6.07) is 12.5. The second kappa shape index (κ2) is 8.18. The number of benzene rings is 2. The number of aromatic nitrogens is 3. The number of carbonyl (C=O) groups excluding carboxylic acids is 1. The first kappa shape index (κ1) is 22.5. The molecule has 1 amide bonds. The number of halogens is 2. The van der Waals surface area contributed by atoms with Crippen molar-refractivity contribution in [2.45, 2.75) is 18.9 Å². The van der Waals surface area contributed by atoms with E-state index in [0.717, 1.165) is 28.9 Å². The van der Waals surface area contributed by atoms with E-state index >= 15 is 0 Å². The van der Waals surface area contributed by atoms with Crippen LogP contribution in [-0.4, -0.2) is 45.9 Å². The Balaban J connectivity index is 1.62. The molecule has 174 valence electrons. The van der Waals surface area contributed by atoms with Crippen molar-refractivity contribution in [2.24, 2.45) is 0 Å². The summed E-state index contributed by atoms with van der Waals surface area (Å²) in [6.45, 7) is 1.73. The second-order valence-electron chi connectivity index (χ2n) is 8.68. The molecule has 1 aliphatic heterocycles. The van der Waals surface area contributed by atoms with Gasteiger partial charge >= 0.3 is 0 Å². The Morgan fingerprint density at radius 1 is 1.15 bits per heavy atom. The van der Waals surface area contributed by atoms with Gasteiger partial charge in [0, 0.05) is 33.3 Å². The summed E-state index contributed by atoms with van der Waals surface area (Å²) in [5.74, 6) is -0.754. The number of sulfone groups is 1. The summed E-state index contributed by atoms with van der Waals surface area (Å²) in [7, 11) is -3.17. The minimum absolute atomic E-state index is 0.0504. The zero-order valence-electron chi connectivity index (χ0n) is 18.1. The first-order chi connectivity index (χ1) is 16.1. The van der Waals surface area contributed by atoms with E-state index in [0.29, 0.717) is 22.5 Å². The molecule has 1 N–H and O–H groups in total. The first-order valence-corrected chi connectivity index (χ1v) is 12.7. The summed E-state index contributed by atoms with van der Waals surface area (Å²) in [5, 5.41) is 4.23. The summed E-state index contributed by atoms with van der Waals surface area (Å²) in [4.78, 5) is 21.2. The largest absolute Gasteiger partial charge is 0.346 e. The molecule has 1 fully saturated rings. The Bertz CT molecular complexity index is 1540. The number of nitrogens with one attached hydrogen (secondary N) is 1. The fourth-order valence-electron chi connectivity index (χ4n) is 4.31. The molecule has 10 heteroatoms. The standard InChI is InChI=1S/C24H20ClFN4O3S/c1-24(8-9-34(32,33)14-24)29-22(31)15-6-7-18-19(17-4-2-3-5-20(17)25)13-30(21(18)10-15)23-27-11-16(26)12-28-23/h2-7,10-13H,8-9,14H2,1H3,(H,29,31)/t24-/m1/s1. The zero-order chi connectivity index (χ0) is 24.1. The van der Waals surface area contributed by atoms with E-state index in [1.165, 1.54) is 0 Å². The smallest absolute Gasteiger partial charge is 0.251 e. The molecule has 2 aromatic carbocycles. The van der Waals surface area contributed by atoms with Gasteiger partial charge in [0.2, 0.25) is 5.95 Å². The topological polar surface area (TPSA) is 93.9 Å². The first-order valence-electron chi connectivity index (χ1n) is 10.6. The third-order valence-corrected chi connectivity index (χ3v) is 8.21. The molecule has 1 aliphatic rings. The molecule has 4 aromatic rings. The van der Waals surface area contributed by atoms with Crippen molar-refractivity contribution in [2.75, 3.05) is 11.5 Å². The minimum Gasteiger partial charge on any atom is -0.346 e. The van der Waals surface area contributed by atoms with Gasteiger partial charge in [-0.25, -0.2) is 22.8 Å². The van der Waals surface area contributed by atoms with E-state index in [9.17, 15) is 17.6 Å². The molecule has 1 saturated heterocycles. The Morgan fingerprint density at radius 3 is 2.56 bits per heavy atom. The van der Waals surface area contributed by atoms with E-state index in [1.54, 1.807) is 42.0 Å². The monoisotopic (exact) mass is 498 g/mol. The average Bonchev–Trinajstić information content (AvgIpc) is 3.30. The summed E-state index contributed by atoms with van der Waals surface area (Å²) >= 11 is 6.45.